The Morgan fingerprint density at radius 1 is 1.47 bits per heavy atom. The Morgan fingerprint density at radius 3 is 2.80 bits per heavy atom. The summed E-state index contributed by atoms with van der Waals surface area (Å²) < 4.78 is 30.1. The Kier molecular flexibility index (Phi) is 2.64. The predicted molar refractivity (Wildman–Crippen MR) is 54.0 cm³/mol. The fraction of sp³-hybridized carbons (Fsp3) is 0.750. The van der Waals surface area contributed by atoms with Crippen molar-refractivity contribution in [1.29, 1.82) is 0 Å². The van der Waals surface area contributed by atoms with E-state index < -0.39 is 10.0 Å². The van der Waals surface area contributed by atoms with E-state index in [1.165, 1.54) is 0 Å². The van der Waals surface area contributed by atoms with Crippen molar-refractivity contribution in [3.05, 3.63) is 5.89 Å². The third-order valence-corrected chi connectivity index (χ3v) is 3.51. The van der Waals surface area contributed by atoms with Crippen LogP contribution in [-0.4, -0.2) is 24.4 Å². The highest BCUT2D eigenvalue weighted by molar-refractivity contribution is 7.92. The van der Waals surface area contributed by atoms with Gasteiger partial charge in [-0.1, -0.05) is 12.0 Å². The zero-order valence-corrected chi connectivity index (χ0v) is 9.25. The summed E-state index contributed by atoms with van der Waals surface area (Å²) in [5.74, 6) is 0.930. The van der Waals surface area contributed by atoms with Crippen LogP contribution in [0.1, 0.15) is 38.0 Å². The van der Waals surface area contributed by atoms with Crippen LogP contribution in [0.3, 0.4) is 0 Å². The van der Waals surface area contributed by atoms with Crippen molar-refractivity contribution in [2.24, 2.45) is 0 Å². The summed E-state index contributed by atoms with van der Waals surface area (Å²) in [5, 5.41) is 7.42. The summed E-state index contributed by atoms with van der Waals surface area (Å²) >= 11 is 0. The molecule has 0 atom stereocenters. The molecule has 0 bridgehead atoms. The topological polar surface area (TPSA) is 85.1 Å². The Morgan fingerprint density at radius 2 is 2.20 bits per heavy atom. The lowest BCUT2D eigenvalue weighted by molar-refractivity contribution is 0.510. The molecule has 1 N–H and O–H groups in total. The lowest BCUT2D eigenvalue weighted by Gasteiger charge is -2.00. The van der Waals surface area contributed by atoms with E-state index >= 15 is 0 Å². The van der Waals surface area contributed by atoms with E-state index in [4.69, 9.17) is 4.42 Å². The van der Waals surface area contributed by atoms with Crippen LogP contribution in [0.15, 0.2) is 4.42 Å². The molecule has 7 heteroatoms. The number of hydrogen-bond acceptors (Lipinski definition) is 5. The van der Waals surface area contributed by atoms with Crippen molar-refractivity contribution >= 4 is 16.0 Å². The van der Waals surface area contributed by atoms with Gasteiger partial charge in [-0.2, -0.15) is 0 Å². The van der Waals surface area contributed by atoms with Crippen molar-refractivity contribution in [1.82, 2.24) is 10.2 Å². The molecule has 84 valence electrons. The summed E-state index contributed by atoms with van der Waals surface area (Å²) in [5.41, 5.74) is 0. The zero-order chi connectivity index (χ0) is 10.9. The van der Waals surface area contributed by atoms with Gasteiger partial charge in [0.1, 0.15) is 0 Å². The van der Waals surface area contributed by atoms with E-state index in [2.05, 4.69) is 14.9 Å². The molecule has 0 aliphatic heterocycles. The summed E-state index contributed by atoms with van der Waals surface area (Å²) in [7, 11) is -3.32. The number of aromatic nitrogens is 2. The number of hydrogen-bond donors (Lipinski definition) is 1. The van der Waals surface area contributed by atoms with Crippen LogP contribution in [0.5, 0.6) is 0 Å². The average molecular weight is 231 g/mol. The van der Waals surface area contributed by atoms with Crippen molar-refractivity contribution in [3.8, 4) is 0 Å². The molecule has 1 heterocycles. The number of rotatable bonds is 5. The Labute approximate surface area is 88.1 Å². The van der Waals surface area contributed by atoms with E-state index in [0.29, 0.717) is 18.2 Å². The second-order valence-electron chi connectivity index (χ2n) is 3.64. The lowest BCUT2D eigenvalue weighted by atomic mass is 10.4. The van der Waals surface area contributed by atoms with Crippen LogP contribution >= 0.6 is 0 Å². The van der Waals surface area contributed by atoms with Gasteiger partial charge in [-0.05, 0) is 19.3 Å². The molecule has 0 saturated heterocycles. The third kappa shape index (κ3) is 2.68. The van der Waals surface area contributed by atoms with Gasteiger partial charge in [0.05, 0.1) is 5.75 Å². The second kappa shape index (κ2) is 3.80. The molecule has 0 amide bonds. The first kappa shape index (κ1) is 10.4. The number of nitrogens with zero attached hydrogens (tertiary/aromatic N) is 2. The van der Waals surface area contributed by atoms with Crippen LogP contribution in [0.2, 0.25) is 0 Å². The van der Waals surface area contributed by atoms with Crippen molar-refractivity contribution < 1.29 is 12.8 Å². The lowest BCUT2D eigenvalue weighted by Crippen LogP contribution is -2.16. The molecule has 0 unspecified atom stereocenters. The molecule has 6 nitrogen and oxygen atoms in total. The van der Waals surface area contributed by atoms with Gasteiger partial charge in [0, 0.05) is 5.92 Å². The molecule has 15 heavy (non-hydrogen) atoms. The van der Waals surface area contributed by atoms with E-state index in [9.17, 15) is 8.42 Å². The van der Waals surface area contributed by atoms with Gasteiger partial charge in [0.25, 0.3) is 0 Å². The SMILES string of the molecule is CCCS(=O)(=O)Nc1nnc(C2CC2)o1. The molecule has 0 aromatic carbocycles. The van der Waals surface area contributed by atoms with Gasteiger partial charge < -0.3 is 4.42 Å². The molecule has 1 aliphatic carbocycles. The summed E-state index contributed by atoms with van der Waals surface area (Å²) in [6.07, 6.45) is 2.64. The summed E-state index contributed by atoms with van der Waals surface area (Å²) in [6, 6.07) is -0.0228. The minimum absolute atomic E-state index is 0.0228. The van der Waals surface area contributed by atoms with Crippen LogP contribution < -0.4 is 4.72 Å². The maximum atomic E-state index is 11.4. The molecule has 0 radical (unpaired) electrons. The Hall–Kier alpha value is -1.11. The van der Waals surface area contributed by atoms with Gasteiger partial charge in [0.15, 0.2) is 0 Å². The van der Waals surface area contributed by atoms with Gasteiger partial charge in [0.2, 0.25) is 15.9 Å². The first-order valence-electron chi connectivity index (χ1n) is 4.94. The molecular weight excluding hydrogens is 218 g/mol. The second-order valence-corrected chi connectivity index (χ2v) is 5.48. The molecule has 1 aliphatic rings. The van der Waals surface area contributed by atoms with Crippen LogP contribution in [-0.2, 0) is 10.0 Å². The standard InChI is InChI=1S/C8H13N3O3S/c1-2-5-15(12,13)11-8-10-9-7(14-8)6-3-4-6/h6H,2-5H2,1H3,(H,10,11). The minimum atomic E-state index is -3.32. The van der Waals surface area contributed by atoms with Gasteiger partial charge in [-0.3, -0.25) is 0 Å². The van der Waals surface area contributed by atoms with Crippen molar-refractivity contribution in [3.63, 3.8) is 0 Å². The molecular formula is C8H13N3O3S. The van der Waals surface area contributed by atoms with E-state index in [0.717, 1.165) is 12.8 Å². The smallest absolute Gasteiger partial charge is 0.329 e. The van der Waals surface area contributed by atoms with E-state index in [1.54, 1.807) is 6.92 Å². The maximum absolute atomic E-state index is 11.4. The molecule has 1 saturated carbocycles. The quantitative estimate of drug-likeness (QED) is 0.820. The molecule has 0 spiro atoms. The van der Waals surface area contributed by atoms with E-state index in [-0.39, 0.29) is 11.8 Å². The maximum Gasteiger partial charge on any atom is 0.329 e. The molecule has 1 aromatic rings. The zero-order valence-electron chi connectivity index (χ0n) is 8.43. The average Bonchev–Trinajstić information content (AvgIpc) is 2.88. The highest BCUT2D eigenvalue weighted by atomic mass is 32.2. The van der Waals surface area contributed by atoms with Crippen molar-refractivity contribution in [2.75, 3.05) is 10.5 Å². The molecule has 2 rings (SSSR count). The van der Waals surface area contributed by atoms with Gasteiger partial charge >= 0.3 is 6.01 Å². The van der Waals surface area contributed by atoms with Gasteiger partial charge in [-0.15, -0.1) is 5.10 Å². The number of anilines is 1. The van der Waals surface area contributed by atoms with Crippen molar-refractivity contribution in [2.45, 2.75) is 32.1 Å². The Bertz CT molecular complexity index is 436. The normalized spacial score (nSPS) is 16.6. The number of nitrogens with one attached hydrogen (secondary N) is 1. The predicted octanol–water partition coefficient (Wildman–Crippen LogP) is 1.10. The Balaban J connectivity index is 2.03. The first-order valence-corrected chi connectivity index (χ1v) is 6.60. The molecule has 1 aromatic heterocycles. The van der Waals surface area contributed by atoms with Crippen LogP contribution in [0.25, 0.3) is 0 Å². The summed E-state index contributed by atoms with van der Waals surface area (Å²) in [6.45, 7) is 1.79. The highest BCUT2D eigenvalue weighted by Gasteiger charge is 2.29. The summed E-state index contributed by atoms with van der Waals surface area (Å²) in [4.78, 5) is 0. The monoisotopic (exact) mass is 231 g/mol. The van der Waals surface area contributed by atoms with E-state index in [1.807, 2.05) is 0 Å². The van der Waals surface area contributed by atoms with Gasteiger partial charge in [-0.25, -0.2) is 13.1 Å². The largest absolute Gasteiger partial charge is 0.407 e. The first-order chi connectivity index (χ1) is 7.11. The third-order valence-electron chi connectivity index (χ3n) is 2.08. The fourth-order valence-corrected chi connectivity index (χ4v) is 2.21. The molecule has 1 fully saturated rings. The number of sulfonamides is 1. The minimum Gasteiger partial charge on any atom is -0.407 e. The van der Waals surface area contributed by atoms with Crippen LogP contribution in [0, 0.1) is 0 Å². The fourth-order valence-electron chi connectivity index (χ4n) is 1.22. The highest BCUT2D eigenvalue weighted by Crippen LogP contribution is 2.39. The van der Waals surface area contributed by atoms with Crippen LogP contribution in [0.4, 0.5) is 6.01 Å².